The van der Waals surface area contributed by atoms with Crippen LogP contribution in [0.1, 0.15) is 43.0 Å². The van der Waals surface area contributed by atoms with E-state index in [0.717, 1.165) is 19.3 Å². The third kappa shape index (κ3) is 4.57. The molecule has 1 unspecified atom stereocenters. The summed E-state index contributed by atoms with van der Waals surface area (Å²) in [6, 6.07) is 6.23. The van der Waals surface area contributed by atoms with E-state index < -0.39 is 23.8 Å². The van der Waals surface area contributed by atoms with E-state index in [1.807, 2.05) is 0 Å². The Labute approximate surface area is 141 Å². The molecule has 1 aromatic carbocycles. The van der Waals surface area contributed by atoms with Gasteiger partial charge in [-0.05, 0) is 37.1 Å². The van der Waals surface area contributed by atoms with Gasteiger partial charge in [-0.25, -0.2) is 9.59 Å². The van der Waals surface area contributed by atoms with Crippen LogP contribution in [0.4, 0.5) is 0 Å². The van der Waals surface area contributed by atoms with Gasteiger partial charge in [0.25, 0.3) is 6.10 Å². The van der Waals surface area contributed by atoms with Crippen LogP contribution in [0.5, 0.6) is 5.75 Å². The molecule has 1 aliphatic carbocycles. The van der Waals surface area contributed by atoms with E-state index in [9.17, 15) is 14.4 Å². The molecule has 0 aromatic heterocycles. The minimum atomic E-state index is -1.50. The molecule has 1 aliphatic rings. The van der Waals surface area contributed by atoms with Gasteiger partial charge in [0.15, 0.2) is 5.78 Å². The minimum Gasteiger partial charge on any atom is -0.497 e. The van der Waals surface area contributed by atoms with Crippen molar-refractivity contribution >= 4 is 17.7 Å². The normalized spacial score (nSPS) is 15.1. The number of ether oxygens (including phenoxy) is 3. The molecule has 0 heterocycles. The van der Waals surface area contributed by atoms with Crippen LogP contribution >= 0.6 is 0 Å². The predicted octanol–water partition coefficient (Wildman–Crippen LogP) is 2.54. The quantitative estimate of drug-likeness (QED) is 0.537. The minimum absolute atomic E-state index is 0.117. The maximum absolute atomic E-state index is 12.3. The number of carbonyl (C=O) groups is 3. The van der Waals surface area contributed by atoms with Crippen molar-refractivity contribution in [3.8, 4) is 5.75 Å². The van der Waals surface area contributed by atoms with Gasteiger partial charge < -0.3 is 14.2 Å². The van der Waals surface area contributed by atoms with Crippen molar-refractivity contribution in [2.45, 2.75) is 38.7 Å². The van der Waals surface area contributed by atoms with Crippen LogP contribution in [-0.4, -0.2) is 37.5 Å². The van der Waals surface area contributed by atoms with E-state index >= 15 is 0 Å². The van der Waals surface area contributed by atoms with E-state index in [0.29, 0.717) is 5.75 Å². The zero-order valence-corrected chi connectivity index (χ0v) is 13.9. The number of methoxy groups -OCH3 is 1. The van der Waals surface area contributed by atoms with Crippen molar-refractivity contribution in [2.24, 2.45) is 5.92 Å². The summed E-state index contributed by atoms with van der Waals surface area (Å²) < 4.78 is 15.0. The second-order valence-corrected chi connectivity index (χ2v) is 5.73. The number of esters is 2. The Bertz CT molecular complexity index is 588. The average Bonchev–Trinajstić information content (AvgIpc) is 2.55. The summed E-state index contributed by atoms with van der Waals surface area (Å²) in [5.41, 5.74) is 0.238. The first kappa shape index (κ1) is 18.0. The number of benzene rings is 1. The summed E-state index contributed by atoms with van der Waals surface area (Å²) >= 11 is 0. The third-order valence-electron chi connectivity index (χ3n) is 4.06. The maximum atomic E-state index is 12.3. The van der Waals surface area contributed by atoms with Gasteiger partial charge in [-0.3, -0.25) is 4.79 Å². The fraction of sp³-hybridized carbons (Fsp3) is 0.500. The number of rotatable bonds is 8. The van der Waals surface area contributed by atoms with Crippen molar-refractivity contribution in [2.75, 3.05) is 13.7 Å². The summed E-state index contributed by atoms with van der Waals surface area (Å²) in [5, 5.41) is 0. The van der Waals surface area contributed by atoms with E-state index in [1.54, 1.807) is 19.1 Å². The fourth-order valence-corrected chi connectivity index (χ4v) is 2.45. The highest BCUT2D eigenvalue weighted by molar-refractivity contribution is 6.05. The maximum Gasteiger partial charge on any atom is 0.355 e. The van der Waals surface area contributed by atoms with Gasteiger partial charge in [0, 0.05) is 6.42 Å². The van der Waals surface area contributed by atoms with Crippen molar-refractivity contribution in [1.82, 2.24) is 0 Å². The monoisotopic (exact) mass is 334 g/mol. The summed E-state index contributed by atoms with van der Waals surface area (Å²) in [6.45, 7) is 1.75. The Morgan fingerprint density at radius 2 is 1.83 bits per heavy atom. The standard InChI is InChI=1S/C18H22O6/c1-3-23-18(21)16(15(19)11-12-5-4-6-12)24-17(20)13-7-9-14(22-2)10-8-13/h7-10,12,16H,3-6,11H2,1-2H3. The molecule has 0 radical (unpaired) electrons. The molecule has 6 heteroatoms. The molecule has 0 N–H and O–H groups in total. The lowest BCUT2D eigenvalue weighted by atomic mass is 9.81. The molecular weight excluding hydrogens is 312 g/mol. The molecule has 130 valence electrons. The molecule has 1 atom stereocenters. The van der Waals surface area contributed by atoms with Crippen LogP contribution in [0, 0.1) is 5.92 Å². The van der Waals surface area contributed by atoms with E-state index in [1.165, 1.54) is 19.2 Å². The van der Waals surface area contributed by atoms with Crippen molar-refractivity contribution in [3.05, 3.63) is 29.8 Å². The highest BCUT2D eigenvalue weighted by Gasteiger charge is 2.34. The lowest BCUT2D eigenvalue weighted by Crippen LogP contribution is -2.38. The zero-order valence-electron chi connectivity index (χ0n) is 13.9. The van der Waals surface area contributed by atoms with Crippen LogP contribution < -0.4 is 4.74 Å². The lowest BCUT2D eigenvalue weighted by Gasteiger charge is -2.25. The first-order chi connectivity index (χ1) is 11.5. The average molecular weight is 334 g/mol. The van der Waals surface area contributed by atoms with Gasteiger partial charge >= 0.3 is 11.9 Å². The second kappa shape index (κ2) is 8.47. The van der Waals surface area contributed by atoms with Gasteiger partial charge in [0.1, 0.15) is 5.75 Å². The number of hydrogen-bond acceptors (Lipinski definition) is 6. The van der Waals surface area contributed by atoms with Gasteiger partial charge in [-0.1, -0.05) is 19.3 Å². The van der Waals surface area contributed by atoms with Gasteiger partial charge in [0.2, 0.25) is 0 Å². The number of hydrogen-bond donors (Lipinski definition) is 0. The van der Waals surface area contributed by atoms with E-state index in [-0.39, 0.29) is 24.5 Å². The fourth-order valence-electron chi connectivity index (χ4n) is 2.45. The van der Waals surface area contributed by atoms with Crippen molar-refractivity contribution < 1.29 is 28.6 Å². The van der Waals surface area contributed by atoms with E-state index in [2.05, 4.69) is 0 Å². The summed E-state index contributed by atoms with van der Waals surface area (Å²) in [6.07, 6.45) is 1.76. The Balaban J connectivity index is 2.05. The highest BCUT2D eigenvalue weighted by atomic mass is 16.6. The SMILES string of the molecule is CCOC(=O)C(OC(=O)c1ccc(OC)cc1)C(=O)CC1CCC1. The van der Waals surface area contributed by atoms with E-state index in [4.69, 9.17) is 14.2 Å². The van der Waals surface area contributed by atoms with Crippen molar-refractivity contribution in [3.63, 3.8) is 0 Å². The lowest BCUT2D eigenvalue weighted by molar-refractivity contribution is -0.158. The topological polar surface area (TPSA) is 78.9 Å². The summed E-state index contributed by atoms with van der Waals surface area (Å²) in [7, 11) is 1.52. The molecule has 0 aliphatic heterocycles. The summed E-state index contributed by atoms with van der Waals surface area (Å²) in [5.74, 6) is -1.09. The number of Topliss-reactive ketones (excluding diaryl/α,β-unsaturated/α-hetero) is 1. The molecule has 1 saturated carbocycles. The molecule has 0 amide bonds. The Kier molecular flexibility index (Phi) is 6.35. The Morgan fingerprint density at radius 1 is 1.17 bits per heavy atom. The molecule has 0 bridgehead atoms. The van der Waals surface area contributed by atoms with Gasteiger partial charge in [-0.2, -0.15) is 0 Å². The largest absolute Gasteiger partial charge is 0.497 e. The number of ketones is 1. The highest BCUT2D eigenvalue weighted by Crippen LogP contribution is 2.30. The molecule has 0 saturated heterocycles. The molecule has 24 heavy (non-hydrogen) atoms. The molecule has 1 aromatic rings. The first-order valence-corrected chi connectivity index (χ1v) is 8.09. The molecule has 1 fully saturated rings. The van der Waals surface area contributed by atoms with Crippen molar-refractivity contribution in [1.29, 1.82) is 0 Å². The third-order valence-corrected chi connectivity index (χ3v) is 4.06. The predicted molar refractivity (Wildman–Crippen MR) is 85.8 cm³/mol. The number of carbonyl (C=O) groups excluding carboxylic acids is 3. The molecule has 2 rings (SSSR count). The molecule has 6 nitrogen and oxygen atoms in total. The van der Waals surface area contributed by atoms with Crippen LogP contribution in [0.3, 0.4) is 0 Å². The summed E-state index contributed by atoms with van der Waals surface area (Å²) in [4.78, 5) is 36.5. The van der Waals surface area contributed by atoms with Crippen LogP contribution in [0.2, 0.25) is 0 Å². The van der Waals surface area contributed by atoms with Crippen LogP contribution in [0.15, 0.2) is 24.3 Å². The van der Waals surface area contributed by atoms with Crippen LogP contribution in [-0.2, 0) is 19.1 Å². The Morgan fingerprint density at radius 3 is 2.33 bits per heavy atom. The van der Waals surface area contributed by atoms with Crippen LogP contribution in [0.25, 0.3) is 0 Å². The Hall–Kier alpha value is -2.37. The molecule has 0 spiro atoms. The smallest absolute Gasteiger partial charge is 0.355 e. The molecular formula is C18H22O6. The van der Waals surface area contributed by atoms with Gasteiger partial charge in [0.05, 0.1) is 19.3 Å². The second-order valence-electron chi connectivity index (χ2n) is 5.73. The van der Waals surface area contributed by atoms with Gasteiger partial charge in [-0.15, -0.1) is 0 Å². The first-order valence-electron chi connectivity index (χ1n) is 8.09. The zero-order chi connectivity index (χ0) is 17.5.